The molecule has 2 aromatic heterocycles. The summed E-state index contributed by atoms with van der Waals surface area (Å²) >= 11 is 6.18. The summed E-state index contributed by atoms with van der Waals surface area (Å²) in [4.78, 5) is 22.8. The summed E-state index contributed by atoms with van der Waals surface area (Å²) in [6.45, 7) is 1.18. The van der Waals surface area contributed by atoms with Gasteiger partial charge in [0.25, 0.3) is 0 Å². The van der Waals surface area contributed by atoms with Crippen LogP contribution >= 0.6 is 11.6 Å². The molecule has 1 aliphatic heterocycles. The van der Waals surface area contributed by atoms with Gasteiger partial charge < -0.3 is 4.90 Å². The van der Waals surface area contributed by atoms with Crippen molar-refractivity contribution in [3.63, 3.8) is 0 Å². The minimum Gasteiger partial charge on any atom is -0.335 e. The third kappa shape index (κ3) is 3.00. The molecule has 0 spiro atoms. The molecule has 3 rings (SSSR count). The second-order valence-corrected chi connectivity index (χ2v) is 5.77. The maximum Gasteiger partial charge on any atom is 0.222 e. The second kappa shape index (κ2) is 5.97. The van der Waals surface area contributed by atoms with Gasteiger partial charge in [-0.15, -0.1) is 0 Å². The Kier molecular flexibility index (Phi) is 4.05. The molecule has 1 saturated heterocycles. The lowest BCUT2D eigenvalue weighted by atomic mass is 10.1. The lowest BCUT2D eigenvalue weighted by Crippen LogP contribution is -2.33. The molecule has 0 aromatic carbocycles. The molecule has 21 heavy (non-hydrogen) atoms. The molecule has 0 bridgehead atoms. The highest BCUT2D eigenvalue weighted by molar-refractivity contribution is 6.33. The summed E-state index contributed by atoms with van der Waals surface area (Å²) in [6.07, 6.45) is 6.59. The molecule has 7 heteroatoms. The average molecular weight is 308 g/mol. The fourth-order valence-corrected chi connectivity index (χ4v) is 2.88. The zero-order valence-corrected chi connectivity index (χ0v) is 12.8. The maximum absolute atomic E-state index is 12.2. The van der Waals surface area contributed by atoms with E-state index in [9.17, 15) is 4.79 Å². The van der Waals surface area contributed by atoms with Crippen molar-refractivity contribution in [3.8, 4) is 0 Å². The fraction of sp³-hybridized carbons (Fsp3) is 0.571. The van der Waals surface area contributed by atoms with Crippen LogP contribution in [0.5, 0.6) is 0 Å². The third-order valence-corrected chi connectivity index (χ3v) is 4.13. The van der Waals surface area contributed by atoms with Crippen LogP contribution in [0.25, 0.3) is 11.0 Å². The predicted octanol–water partition coefficient (Wildman–Crippen LogP) is 2.31. The normalized spacial score (nSPS) is 17.0. The molecule has 6 nitrogen and oxygen atoms in total. The highest BCUT2D eigenvalue weighted by atomic mass is 35.5. The molecule has 0 aliphatic carbocycles. The van der Waals surface area contributed by atoms with Crippen LogP contribution in [-0.4, -0.2) is 37.1 Å². The first-order valence-corrected chi connectivity index (χ1v) is 7.65. The molecule has 112 valence electrons. The lowest BCUT2D eigenvalue weighted by molar-refractivity contribution is -0.132. The number of carbonyl (C=O) groups is 1. The van der Waals surface area contributed by atoms with E-state index in [1.54, 1.807) is 10.9 Å². The Morgan fingerprint density at radius 2 is 2.05 bits per heavy atom. The number of rotatable bonds is 2. The van der Waals surface area contributed by atoms with Crippen LogP contribution in [0.15, 0.2) is 6.20 Å². The molecular weight excluding hydrogens is 290 g/mol. The van der Waals surface area contributed by atoms with Crippen LogP contribution in [0.4, 0.5) is 0 Å². The molecule has 0 radical (unpaired) electrons. The summed E-state index contributed by atoms with van der Waals surface area (Å²) in [5.74, 6) is 0.754. The summed E-state index contributed by atoms with van der Waals surface area (Å²) in [7, 11) is 1.82. The van der Waals surface area contributed by atoms with Crippen molar-refractivity contribution < 1.29 is 4.79 Å². The summed E-state index contributed by atoms with van der Waals surface area (Å²) in [6, 6.07) is 0. The maximum atomic E-state index is 12.2. The Morgan fingerprint density at radius 1 is 1.24 bits per heavy atom. The zero-order chi connectivity index (χ0) is 14.8. The number of nitrogens with zero attached hydrogens (tertiary/aromatic N) is 5. The monoisotopic (exact) mass is 307 g/mol. The first kappa shape index (κ1) is 14.3. The minimum absolute atomic E-state index is 0.180. The van der Waals surface area contributed by atoms with Gasteiger partial charge in [0.2, 0.25) is 5.91 Å². The van der Waals surface area contributed by atoms with E-state index in [0.29, 0.717) is 29.6 Å². The van der Waals surface area contributed by atoms with Gasteiger partial charge in [-0.25, -0.2) is 9.97 Å². The molecule has 1 amide bonds. The summed E-state index contributed by atoms with van der Waals surface area (Å²) < 4.78 is 1.67. The highest BCUT2D eigenvalue weighted by Gasteiger charge is 2.18. The van der Waals surface area contributed by atoms with Crippen LogP contribution in [-0.2, 0) is 18.4 Å². The summed E-state index contributed by atoms with van der Waals surface area (Å²) in [5, 5.41) is 5.27. The van der Waals surface area contributed by atoms with Crippen molar-refractivity contribution in [2.45, 2.75) is 38.6 Å². The van der Waals surface area contributed by atoms with Gasteiger partial charge in [0.15, 0.2) is 11.5 Å². The zero-order valence-electron chi connectivity index (χ0n) is 12.0. The molecule has 0 atom stereocenters. The van der Waals surface area contributed by atoms with Crippen molar-refractivity contribution >= 4 is 28.5 Å². The molecule has 1 fully saturated rings. The van der Waals surface area contributed by atoms with Gasteiger partial charge in [0, 0.05) is 20.0 Å². The number of hydrogen-bond donors (Lipinski definition) is 0. The number of hydrogen-bond acceptors (Lipinski definition) is 4. The number of likely N-dealkylation sites (tertiary alicyclic amines) is 1. The van der Waals surface area contributed by atoms with Crippen LogP contribution < -0.4 is 0 Å². The molecule has 3 heterocycles. The minimum atomic E-state index is 0.180. The van der Waals surface area contributed by atoms with Crippen LogP contribution in [0.2, 0.25) is 5.15 Å². The lowest BCUT2D eigenvalue weighted by Gasteiger charge is -2.24. The van der Waals surface area contributed by atoms with Crippen LogP contribution in [0, 0.1) is 0 Å². The smallest absolute Gasteiger partial charge is 0.222 e. The van der Waals surface area contributed by atoms with Gasteiger partial charge in [0.1, 0.15) is 5.15 Å². The van der Waals surface area contributed by atoms with E-state index in [1.165, 1.54) is 6.42 Å². The van der Waals surface area contributed by atoms with E-state index < -0.39 is 0 Å². The van der Waals surface area contributed by atoms with Crippen molar-refractivity contribution in [1.29, 1.82) is 0 Å². The number of carbonyl (C=O) groups excluding carboxylic acids is 1. The van der Waals surface area contributed by atoms with E-state index >= 15 is 0 Å². The van der Waals surface area contributed by atoms with Gasteiger partial charge in [-0.1, -0.05) is 24.4 Å². The molecule has 0 saturated carbocycles. The van der Waals surface area contributed by atoms with E-state index in [0.717, 1.165) is 31.2 Å². The van der Waals surface area contributed by atoms with Gasteiger partial charge in [-0.3, -0.25) is 9.48 Å². The number of halogens is 1. The van der Waals surface area contributed by atoms with Gasteiger partial charge in [-0.2, -0.15) is 5.10 Å². The van der Waals surface area contributed by atoms with E-state index in [4.69, 9.17) is 11.6 Å². The van der Waals surface area contributed by atoms with Gasteiger partial charge in [0.05, 0.1) is 18.1 Å². The van der Waals surface area contributed by atoms with E-state index in [1.807, 2.05) is 11.9 Å². The Morgan fingerprint density at radius 3 is 2.90 bits per heavy atom. The molecule has 0 N–H and O–H groups in total. The molecular formula is C14H18ClN5O. The van der Waals surface area contributed by atoms with Gasteiger partial charge in [-0.05, 0) is 12.8 Å². The standard InChI is InChI=1S/C14H18ClN5O/c1-19-14-10(8-16-19)13(15)17-11(18-14)9-20-7-5-3-2-4-6-12(20)21/h8H,2-7,9H2,1H3. The number of aromatic nitrogens is 4. The van der Waals surface area contributed by atoms with Crippen molar-refractivity contribution in [2.75, 3.05) is 6.54 Å². The van der Waals surface area contributed by atoms with Gasteiger partial charge >= 0.3 is 0 Å². The topological polar surface area (TPSA) is 63.9 Å². The highest BCUT2D eigenvalue weighted by Crippen LogP contribution is 2.20. The van der Waals surface area contributed by atoms with E-state index in [2.05, 4.69) is 15.1 Å². The predicted molar refractivity (Wildman–Crippen MR) is 79.8 cm³/mol. The molecule has 2 aromatic rings. The van der Waals surface area contributed by atoms with Crippen molar-refractivity contribution in [3.05, 3.63) is 17.2 Å². The summed E-state index contributed by atoms with van der Waals surface area (Å²) in [5.41, 5.74) is 0.699. The first-order chi connectivity index (χ1) is 10.1. The Labute approximate surface area is 128 Å². The number of aryl methyl sites for hydroxylation is 1. The van der Waals surface area contributed by atoms with Crippen LogP contribution in [0.3, 0.4) is 0 Å². The SMILES string of the molecule is Cn1ncc2c(Cl)nc(CN3CCCCCCC3=O)nc21. The first-order valence-electron chi connectivity index (χ1n) is 7.27. The average Bonchev–Trinajstić information content (AvgIpc) is 2.81. The number of amides is 1. The Balaban J connectivity index is 1.86. The third-order valence-electron chi connectivity index (χ3n) is 3.85. The van der Waals surface area contributed by atoms with E-state index in [-0.39, 0.29) is 5.91 Å². The van der Waals surface area contributed by atoms with Crippen molar-refractivity contribution in [1.82, 2.24) is 24.6 Å². The largest absolute Gasteiger partial charge is 0.335 e. The quantitative estimate of drug-likeness (QED) is 0.799. The molecule has 1 aliphatic rings. The number of fused-ring (bicyclic) bond motifs is 1. The fourth-order valence-electron chi connectivity index (χ4n) is 2.65. The molecule has 0 unspecified atom stereocenters. The Bertz CT molecular complexity index is 669. The van der Waals surface area contributed by atoms with Crippen LogP contribution in [0.1, 0.15) is 37.9 Å². The second-order valence-electron chi connectivity index (χ2n) is 5.42. The Hall–Kier alpha value is -1.69. The van der Waals surface area contributed by atoms with Crippen molar-refractivity contribution in [2.24, 2.45) is 7.05 Å².